The van der Waals surface area contributed by atoms with Gasteiger partial charge in [0.25, 0.3) is 11.6 Å². The molecule has 0 radical (unpaired) electrons. The van der Waals surface area contributed by atoms with E-state index in [1.807, 2.05) is 17.5 Å². The second-order valence-electron chi connectivity index (χ2n) is 4.00. The van der Waals surface area contributed by atoms with E-state index in [2.05, 4.69) is 10.6 Å². The summed E-state index contributed by atoms with van der Waals surface area (Å²) in [5, 5.41) is 18.4. The molecule has 0 spiro atoms. The Morgan fingerprint density at radius 3 is 2.80 bits per heavy atom. The third-order valence-electron chi connectivity index (χ3n) is 2.72. The Kier molecular flexibility index (Phi) is 4.31. The van der Waals surface area contributed by atoms with Crippen molar-refractivity contribution in [3.63, 3.8) is 0 Å². The molecule has 0 fully saturated rings. The summed E-state index contributed by atoms with van der Waals surface area (Å²) in [6.07, 6.45) is 0. The molecule has 0 aliphatic rings. The molecule has 7 heteroatoms. The average molecular weight is 291 g/mol. The summed E-state index contributed by atoms with van der Waals surface area (Å²) < 4.78 is 0. The molecule has 2 N–H and O–H groups in total. The molecule has 1 aromatic heterocycles. The molecule has 0 aliphatic heterocycles. The maximum atomic E-state index is 11.6. The lowest BCUT2D eigenvalue weighted by atomic mass is 10.1. The number of nitrogens with zero attached hydrogens (tertiary/aromatic N) is 1. The Morgan fingerprint density at radius 1 is 1.40 bits per heavy atom. The molecule has 1 amide bonds. The van der Waals surface area contributed by atoms with Gasteiger partial charge in [0.15, 0.2) is 0 Å². The van der Waals surface area contributed by atoms with Gasteiger partial charge in [0.1, 0.15) is 5.69 Å². The van der Waals surface area contributed by atoms with Gasteiger partial charge >= 0.3 is 0 Å². The molecule has 104 valence electrons. The van der Waals surface area contributed by atoms with Gasteiger partial charge in [-0.3, -0.25) is 14.9 Å². The molecule has 2 rings (SSSR count). The number of benzene rings is 1. The number of hydrogen-bond acceptors (Lipinski definition) is 5. The van der Waals surface area contributed by atoms with E-state index < -0.39 is 4.92 Å². The molecular weight excluding hydrogens is 278 g/mol. The predicted molar refractivity (Wildman–Crippen MR) is 78.1 cm³/mol. The monoisotopic (exact) mass is 291 g/mol. The first-order valence-electron chi connectivity index (χ1n) is 5.88. The van der Waals surface area contributed by atoms with Crippen LogP contribution < -0.4 is 10.6 Å². The van der Waals surface area contributed by atoms with Crippen molar-refractivity contribution in [1.29, 1.82) is 0 Å². The lowest BCUT2D eigenvalue weighted by Crippen LogP contribution is -2.18. The molecule has 2 aromatic rings. The molecule has 1 heterocycles. The van der Waals surface area contributed by atoms with Gasteiger partial charge in [-0.25, -0.2) is 0 Å². The third-order valence-corrected chi connectivity index (χ3v) is 3.59. The Balaban J connectivity index is 2.26. The van der Waals surface area contributed by atoms with E-state index in [0.29, 0.717) is 17.8 Å². The molecule has 0 saturated heterocycles. The van der Waals surface area contributed by atoms with Crippen molar-refractivity contribution in [3.05, 3.63) is 56.3 Å². The summed E-state index contributed by atoms with van der Waals surface area (Å²) in [4.78, 5) is 23.2. The zero-order chi connectivity index (χ0) is 14.5. The van der Waals surface area contributed by atoms with Gasteiger partial charge in [-0.1, -0.05) is 6.07 Å². The van der Waals surface area contributed by atoms with Crippen LogP contribution in [0.25, 0.3) is 0 Å². The summed E-state index contributed by atoms with van der Waals surface area (Å²) in [6.45, 7) is 0.482. The number of hydrogen-bond donors (Lipinski definition) is 2. The van der Waals surface area contributed by atoms with Crippen LogP contribution in [0.1, 0.15) is 15.2 Å². The topological polar surface area (TPSA) is 84.3 Å². The molecular formula is C13H13N3O3S. The second-order valence-corrected chi connectivity index (χ2v) is 5.03. The highest BCUT2D eigenvalue weighted by Gasteiger charge is 2.16. The molecule has 20 heavy (non-hydrogen) atoms. The number of nitrogens with one attached hydrogen (secondary N) is 2. The fourth-order valence-electron chi connectivity index (χ4n) is 1.72. The van der Waals surface area contributed by atoms with Crippen molar-refractivity contribution < 1.29 is 9.72 Å². The van der Waals surface area contributed by atoms with Crippen LogP contribution in [-0.4, -0.2) is 17.9 Å². The van der Waals surface area contributed by atoms with E-state index >= 15 is 0 Å². The van der Waals surface area contributed by atoms with Gasteiger partial charge in [-0.2, -0.15) is 0 Å². The number of carbonyl (C=O) groups excluding carboxylic acids is 1. The highest BCUT2D eigenvalue weighted by Crippen LogP contribution is 2.26. The lowest BCUT2D eigenvalue weighted by molar-refractivity contribution is -0.384. The minimum absolute atomic E-state index is 0.0470. The van der Waals surface area contributed by atoms with Crippen LogP contribution in [0.5, 0.6) is 0 Å². The Bertz CT molecular complexity index is 626. The van der Waals surface area contributed by atoms with Gasteiger partial charge in [0, 0.05) is 30.1 Å². The van der Waals surface area contributed by atoms with Crippen molar-refractivity contribution in [2.45, 2.75) is 6.54 Å². The van der Waals surface area contributed by atoms with E-state index in [1.165, 1.54) is 25.2 Å². The standard InChI is InChI=1S/C13H13N3O3S/c1-14-13(17)9-4-5-12(16(18)19)11(7-9)15-8-10-3-2-6-20-10/h2-7,15H,8H2,1H3,(H,14,17). The van der Waals surface area contributed by atoms with E-state index in [0.717, 1.165) is 4.88 Å². The minimum Gasteiger partial charge on any atom is -0.375 e. The van der Waals surface area contributed by atoms with Crippen LogP contribution in [0.15, 0.2) is 35.7 Å². The molecule has 0 bridgehead atoms. The van der Waals surface area contributed by atoms with Crippen molar-refractivity contribution in [2.24, 2.45) is 0 Å². The maximum absolute atomic E-state index is 11.6. The zero-order valence-electron chi connectivity index (χ0n) is 10.8. The number of carbonyl (C=O) groups is 1. The largest absolute Gasteiger partial charge is 0.375 e. The van der Waals surface area contributed by atoms with Gasteiger partial charge < -0.3 is 10.6 Å². The first kappa shape index (κ1) is 14.0. The molecule has 0 aliphatic carbocycles. The van der Waals surface area contributed by atoms with Gasteiger partial charge in [0.2, 0.25) is 0 Å². The summed E-state index contributed by atoms with van der Waals surface area (Å²) in [5.41, 5.74) is 0.672. The fourth-order valence-corrected chi connectivity index (χ4v) is 2.36. The van der Waals surface area contributed by atoms with Crippen LogP contribution in [0.4, 0.5) is 11.4 Å². The number of amides is 1. The Hall–Kier alpha value is -2.41. The number of anilines is 1. The summed E-state index contributed by atoms with van der Waals surface area (Å²) in [6, 6.07) is 8.11. The van der Waals surface area contributed by atoms with Crippen molar-refractivity contribution in [3.8, 4) is 0 Å². The molecule has 6 nitrogen and oxygen atoms in total. The smallest absolute Gasteiger partial charge is 0.292 e. The first-order chi connectivity index (χ1) is 9.61. The van der Waals surface area contributed by atoms with Crippen LogP contribution in [0.2, 0.25) is 0 Å². The van der Waals surface area contributed by atoms with E-state index in [-0.39, 0.29) is 11.6 Å². The summed E-state index contributed by atoms with van der Waals surface area (Å²) in [5.74, 6) is -0.279. The van der Waals surface area contributed by atoms with Crippen molar-refractivity contribution in [2.75, 3.05) is 12.4 Å². The van der Waals surface area contributed by atoms with Crippen LogP contribution in [-0.2, 0) is 6.54 Å². The molecule has 0 unspecified atom stereocenters. The van der Waals surface area contributed by atoms with Gasteiger partial charge in [-0.05, 0) is 23.6 Å². The van der Waals surface area contributed by atoms with E-state index in [1.54, 1.807) is 11.3 Å². The van der Waals surface area contributed by atoms with Gasteiger partial charge in [-0.15, -0.1) is 11.3 Å². The zero-order valence-corrected chi connectivity index (χ0v) is 11.6. The summed E-state index contributed by atoms with van der Waals surface area (Å²) >= 11 is 1.56. The maximum Gasteiger partial charge on any atom is 0.292 e. The first-order valence-corrected chi connectivity index (χ1v) is 6.76. The van der Waals surface area contributed by atoms with E-state index in [9.17, 15) is 14.9 Å². The Morgan fingerprint density at radius 2 is 2.20 bits per heavy atom. The van der Waals surface area contributed by atoms with E-state index in [4.69, 9.17) is 0 Å². The highest BCUT2D eigenvalue weighted by atomic mass is 32.1. The van der Waals surface area contributed by atoms with Gasteiger partial charge in [0.05, 0.1) is 4.92 Å². The normalized spacial score (nSPS) is 10.1. The quantitative estimate of drug-likeness (QED) is 0.655. The Labute approximate surface area is 119 Å². The molecule has 1 aromatic carbocycles. The average Bonchev–Trinajstić information content (AvgIpc) is 2.97. The SMILES string of the molecule is CNC(=O)c1ccc([N+](=O)[O-])c(NCc2cccs2)c1. The number of rotatable bonds is 5. The third kappa shape index (κ3) is 3.12. The van der Waals surface area contributed by atoms with Crippen LogP contribution in [0, 0.1) is 10.1 Å². The number of nitro benzene ring substituents is 1. The highest BCUT2D eigenvalue weighted by molar-refractivity contribution is 7.09. The predicted octanol–water partition coefficient (Wildman–Crippen LogP) is 2.63. The lowest BCUT2D eigenvalue weighted by Gasteiger charge is -2.08. The minimum atomic E-state index is -0.468. The summed E-state index contributed by atoms with van der Waals surface area (Å²) in [7, 11) is 1.52. The van der Waals surface area contributed by atoms with Crippen LogP contribution >= 0.6 is 11.3 Å². The van der Waals surface area contributed by atoms with Crippen molar-refractivity contribution in [1.82, 2.24) is 5.32 Å². The van der Waals surface area contributed by atoms with Crippen LogP contribution in [0.3, 0.4) is 0 Å². The number of nitro groups is 1. The molecule has 0 atom stereocenters. The number of thiophene rings is 1. The van der Waals surface area contributed by atoms with Crippen molar-refractivity contribution >= 4 is 28.6 Å². The fraction of sp³-hybridized carbons (Fsp3) is 0.154. The second kappa shape index (κ2) is 6.16. The molecule has 0 saturated carbocycles.